The third-order valence-electron chi connectivity index (χ3n) is 2.08. The van der Waals surface area contributed by atoms with Crippen molar-refractivity contribution in [2.75, 3.05) is 6.54 Å². The lowest BCUT2D eigenvalue weighted by Gasteiger charge is -2.02. The Bertz CT molecular complexity index is 123. The zero-order chi connectivity index (χ0) is 9.94. The Morgan fingerprint density at radius 1 is 1.15 bits per heavy atom. The van der Waals surface area contributed by atoms with Crippen molar-refractivity contribution in [3.05, 3.63) is 6.92 Å². The molecule has 0 spiro atoms. The Hall–Kier alpha value is -0.530. The Morgan fingerprint density at radius 2 is 1.77 bits per heavy atom. The average Bonchev–Trinajstić information content (AvgIpc) is 2.16. The lowest BCUT2D eigenvalue weighted by molar-refractivity contribution is -0.120. The summed E-state index contributed by atoms with van der Waals surface area (Å²) in [6, 6.07) is 0. The maximum Gasteiger partial charge on any atom is 0.219 e. The first-order valence-corrected chi connectivity index (χ1v) is 5.37. The second kappa shape index (κ2) is 9.56. The van der Waals surface area contributed by atoms with Crippen molar-refractivity contribution in [3.8, 4) is 0 Å². The Balaban J connectivity index is 2.95. The van der Waals surface area contributed by atoms with E-state index in [0.29, 0.717) is 6.42 Å². The van der Waals surface area contributed by atoms with Crippen LogP contribution in [0.1, 0.15) is 51.9 Å². The molecule has 0 rings (SSSR count). The van der Waals surface area contributed by atoms with Gasteiger partial charge in [-0.05, 0) is 13.3 Å². The molecule has 0 bridgehead atoms. The molecular formula is C11H22NO. The van der Waals surface area contributed by atoms with Gasteiger partial charge in [0, 0.05) is 13.0 Å². The molecule has 13 heavy (non-hydrogen) atoms. The van der Waals surface area contributed by atoms with Crippen LogP contribution in [-0.4, -0.2) is 12.5 Å². The van der Waals surface area contributed by atoms with Gasteiger partial charge in [-0.15, -0.1) is 0 Å². The maximum absolute atomic E-state index is 10.8. The molecule has 0 aliphatic rings. The number of hydrogen-bond acceptors (Lipinski definition) is 1. The fourth-order valence-corrected chi connectivity index (χ4v) is 1.22. The molecule has 1 N–H and O–H groups in total. The first-order chi connectivity index (χ1) is 6.31. The van der Waals surface area contributed by atoms with Crippen LogP contribution in [0.2, 0.25) is 0 Å². The van der Waals surface area contributed by atoms with Gasteiger partial charge in [-0.3, -0.25) is 4.79 Å². The van der Waals surface area contributed by atoms with Gasteiger partial charge in [0.15, 0.2) is 0 Å². The van der Waals surface area contributed by atoms with Crippen molar-refractivity contribution in [1.29, 1.82) is 0 Å². The van der Waals surface area contributed by atoms with Gasteiger partial charge in [0.25, 0.3) is 0 Å². The van der Waals surface area contributed by atoms with Crippen LogP contribution in [0.4, 0.5) is 0 Å². The van der Waals surface area contributed by atoms with Gasteiger partial charge in [-0.1, -0.05) is 39.0 Å². The molecule has 1 amide bonds. The SMILES string of the molecule is [CH2]CC(=O)NCCCCCCCC. The van der Waals surface area contributed by atoms with Crippen molar-refractivity contribution in [3.63, 3.8) is 0 Å². The van der Waals surface area contributed by atoms with Crippen molar-refractivity contribution in [1.82, 2.24) is 5.32 Å². The molecule has 0 aliphatic carbocycles. The topological polar surface area (TPSA) is 29.1 Å². The number of carbonyl (C=O) groups excluding carboxylic acids is 1. The largest absolute Gasteiger partial charge is 0.356 e. The summed E-state index contributed by atoms with van der Waals surface area (Å²) in [5.41, 5.74) is 0. The summed E-state index contributed by atoms with van der Waals surface area (Å²) in [7, 11) is 0. The van der Waals surface area contributed by atoms with E-state index in [1.807, 2.05) is 0 Å². The summed E-state index contributed by atoms with van der Waals surface area (Å²) in [6.45, 7) is 6.55. The van der Waals surface area contributed by atoms with Gasteiger partial charge < -0.3 is 5.32 Å². The first-order valence-electron chi connectivity index (χ1n) is 5.37. The van der Waals surface area contributed by atoms with Crippen molar-refractivity contribution in [2.24, 2.45) is 0 Å². The quantitative estimate of drug-likeness (QED) is 0.577. The number of unbranched alkanes of at least 4 members (excludes halogenated alkanes) is 5. The molecule has 0 aromatic rings. The Kier molecular flexibility index (Phi) is 9.17. The van der Waals surface area contributed by atoms with E-state index in [0.717, 1.165) is 13.0 Å². The lowest BCUT2D eigenvalue weighted by Crippen LogP contribution is -2.23. The van der Waals surface area contributed by atoms with E-state index in [1.54, 1.807) is 0 Å². The zero-order valence-electron chi connectivity index (χ0n) is 8.77. The highest BCUT2D eigenvalue weighted by molar-refractivity contribution is 5.76. The average molecular weight is 184 g/mol. The predicted octanol–water partition coefficient (Wildman–Crippen LogP) is 2.69. The molecule has 1 radical (unpaired) electrons. The molecule has 0 saturated carbocycles. The lowest BCUT2D eigenvalue weighted by atomic mass is 10.1. The van der Waals surface area contributed by atoms with Crippen LogP contribution in [0.25, 0.3) is 0 Å². The fraction of sp³-hybridized carbons (Fsp3) is 0.818. The molecular weight excluding hydrogens is 162 g/mol. The molecule has 2 nitrogen and oxygen atoms in total. The van der Waals surface area contributed by atoms with Crippen LogP contribution in [0.15, 0.2) is 0 Å². The molecule has 0 atom stereocenters. The predicted molar refractivity (Wildman–Crippen MR) is 56.4 cm³/mol. The van der Waals surface area contributed by atoms with Gasteiger partial charge in [0.05, 0.1) is 0 Å². The van der Waals surface area contributed by atoms with E-state index < -0.39 is 0 Å². The molecule has 0 saturated heterocycles. The first kappa shape index (κ1) is 12.5. The van der Waals surface area contributed by atoms with Gasteiger partial charge in [0.2, 0.25) is 5.91 Å². The summed E-state index contributed by atoms with van der Waals surface area (Å²) in [5, 5.41) is 2.82. The standard InChI is InChI=1S/C11H22NO/c1-3-5-6-7-8-9-10-12-11(13)4-2/h2-10H2,1H3,(H,12,13). The van der Waals surface area contributed by atoms with E-state index in [2.05, 4.69) is 19.2 Å². The minimum atomic E-state index is 0.0635. The van der Waals surface area contributed by atoms with Crippen molar-refractivity contribution >= 4 is 5.91 Å². The number of hydrogen-bond donors (Lipinski definition) is 1. The number of rotatable bonds is 8. The van der Waals surface area contributed by atoms with E-state index >= 15 is 0 Å². The Morgan fingerprint density at radius 3 is 2.38 bits per heavy atom. The van der Waals surface area contributed by atoms with Crippen LogP contribution in [-0.2, 0) is 4.79 Å². The van der Waals surface area contributed by atoms with E-state index in [4.69, 9.17) is 0 Å². The minimum absolute atomic E-state index is 0.0635. The van der Waals surface area contributed by atoms with Crippen LogP contribution >= 0.6 is 0 Å². The van der Waals surface area contributed by atoms with Gasteiger partial charge in [-0.2, -0.15) is 0 Å². The second-order valence-corrected chi connectivity index (χ2v) is 3.37. The van der Waals surface area contributed by atoms with Crippen molar-refractivity contribution in [2.45, 2.75) is 51.9 Å². The molecule has 0 unspecified atom stereocenters. The van der Waals surface area contributed by atoms with E-state index in [1.165, 1.54) is 32.1 Å². The van der Waals surface area contributed by atoms with Crippen LogP contribution in [0, 0.1) is 6.92 Å². The highest BCUT2D eigenvalue weighted by Crippen LogP contribution is 2.03. The highest BCUT2D eigenvalue weighted by Gasteiger charge is 1.94. The van der Waals surface area contributed by atoms with Crippen LogP contribution in [0.3, 0.4) is 0 Å². The van der Waals surface area contributed by atoms with E-state index in [9.17, 15) is 4.79 Å². The molecule has 77 valence electrons. The monoisotopic (exact) mass is 184 g/mol. The summed E-state index contributed by atoms with van der Waals surface area (Å²) in [4.78, 5) is 10.8. The van der Waals surface area contributed by atoms with E-state index in [-0.39, 0.29) is 5.91 Å². The number of amides is 1. The summed E-state index contributed by atoms with van der Waals surface area (Å²) in [6.07, 6.45) is 7.96. The fourth-order valence-electron chi connectivity index (χ4n) is 1.22. The van der Waals surface area contributed by atoms with Gasteiger partial charge in [-0.25, -0.2) is 0 Å². The summed E-state index contributed by atoms with van der Waals surface area (Å²) >= 11 is 0. The molecule has 0 aliphatic heterocycles. The minimum Gasteiger partial charge on any atom is -0.356 e. The van der Waals surface area contributed by atoms with Crippen LogP contribution in [0.5, 0.6) is 0 Å². The summed E-state index contributed by atoms with van der Waals surface area (Å²) in [5.74, 6) is 0.0635. The normalized spacial score (nSPS) is 10.0. The summed E-state index contributed by atoms with van der Waals surface area (Å²) < 4.78 is 0. The third kappa shape index (κ3) is 9.38. The molecule has 0 heterocycles. The second-order valence-electron chi connectivity index (χ2n) is 3.37. The molecule has 0 fully saturated rings. The molecule has 2 heteroatoms. The van der Waals surface area contributed by atoms with Gasteiger partial charge in [0.1, 0.15) is 0 Å². The highest BCUT2D eigenvalue weighted by atomic mass is 16.1. The van der Waals surface area contributed by atoms with Crippen LogP contribution < -0.4 is 5.32 Å². The Labute approximate surface area is 82.1 Å². The molecule has 0 aromatic carbocycles. The van der Waals surface area contributed by atoms with Gasteiger partial charge >= 0.3 is 0 Å². The number of nitrogens with one attached hydrogen (secondary N) is 1. The maximum atomic E-state index is 10.8. The number of carbonyl (C=O) groups is 1. The van der Waals surface area contributed by atoms with Crippen molar-refractivity contribution < 1.29 is 4.79 Å². The molecule has 0 aromatic heterocycles. The smallest absolute Gasteiger partial charge is 0.219 e. The zero-order valence-corrected chi connectivity index (χ0v) is 8.77. The third-order valence-corrected chi connectivity index (χ3v) is 2.08.